The summed E-state index contributed by atoms with van der Waals surface area (Å²) in [6, 6.07) is 4.78. The molecule has 3 unspecified atom stereocenters. The van der Waals surface area contributed by atoms with E-state index in [1.54, 1.807) is 65.0 Å². The third-order valence-corrected chi connectivity index (χ3v) is 8.41. The summed E-state index contributed by atoms with van der Waals surface area (Å²) in [6.07, 6.45) is 0.449. The lowest BCUT2D eigenvalue weighted by atomic mass is 9.95. The second kappa shape index (κ2) is 10.1. The summed E-state index contributed by atoms with van der Waals surface area (Å²) in [5.74, 6) is -2.66. The van der Waals surface area contributed by atoms with Crippen molar-refractivity contribution in [2.45, 2.75) is 87.3 Å². The van der Waals surface area contributed by atoms with Gasteiger partial charge in [0.2, 0.25) is 17.7 Å². The molecular weight excluding hydrogens is 512 g/mol. The van der Waals surface area contributed by atoms with Gasteiger partial charge in [-0.25, -0.2) is 9.59 Å². The molecule has 0 spiro atoms. The van der Waals surface area contributed by atoms with Crippen molar-refractivity contribution in [3.05, 3.63) is 35.9 Å². The highest BCUT2D eigenvalue weighted by Gasteiger charge is 2.64. The van der Waals surface area contributed by atoms with Gasteiger partial charge in [-0.3, -0.25) is 19.3 Å². The standard InChI is InChI=1S/C26H34N4O7S/c1-25(2,3)37-24(36)29-13-9-12-15(29)19(31)27-16(14-10-7-6-8-11-14)20(32)28-17-21(33)30-18(23(34)35)26(4,5)38-22(17)30/h6-8,10-11,15-18,22H,9,12-13H2,1-5H3,(H,27,31)(H,28,32)(H,34,35)/t15?,16?,17?,18-,22+/m0/s1. The number of nitrogens with one attached hydrogen (secondary N) is 2. The maximum atomic E-state index is 13.5. The summed E-state index contributed by atoms with van der Waals surface area (Å²) >= 11 is 1.32. The Morgan fingerprint density at radius 1 is 1.16 bits per heavy atom. The van der Waals surface area contributed by atoms with Gasteiger partial charge in [-0.15, -0.1) is 11.8 Å². The summed E-state index contributed by atoms with van der Waals surface area (Å²) in [7, 11) is 0. The number of amides is 4. The topological polar surface area (TPSA) is 145 Å². The molecule has 0 bridgehead atoms. The molecule has 3 N–H and O–H groups in total. The summed E-state index contributed by atoms with van der Waals surface area (Å²) in [5, 5.41) is 14.6. The molecule has 0 radical (unpaired) electrons. The fraction of sp³-hybridized carbons (Fsp3) is 0.577. The zero-order chi connectivity index (χ0) is 28.0. The molecule has 0 saturated carbocycles. The van der Waals surface area contributed by atoms with E-state index >= 15 is 0 Å². The fourth-order valence-corrected chi connectivity index (χ4v) is 6.77. The summed E-state index contributed by atoms with van der Waals surface area (Å²) in [4.78, 5) is 66.9. The molecule has 3 saturated heterocycles. The molecule has 5 atom stereocenters. The highest BCUT2D eigenvalue weighted by Crippen LogP contribution is 2.50. The highest BCUT2D eigenvalue weighted by molar-refractivity contribution is 8.01. The minimum Gasteiger partial charge on any atom is -0.480 e. The highest BCUT2D eigenvalue weighted by atomic mass is 32.2. The van der Waals surface area contributed by atoms with Crippen molar-refractivity contribution in [2.24, 2.45) is 0 Å². The van der Waals surface area contributed by atoms with Crippen LogP contribution in [-0.4, -0.2) is 85.1 Å². The number of likely N-dealkylation sites (tertiary alicyclic amines) is 1. The Bertz CT molecular complexity index is 1140. The average Bonchev–Trinajstić information content (AvgIpc) is 3.41. The molecule has 1 aromatic rings. The first-order chi connectivity index (χ1) is 17.7. The number of benzene rings is 1. The van der Waals surface area contributed by atoms with E-state index in [0.717, 1.165) is 0 Å². The number of carboxylic acid groups (broad SMARTS) is 1. The fourth-order valence-electron chi connectivity index (χ4n) is 5.14. The number of thioether (sulfide) groups is 1. The molecular formula is C26H34N4O7S. The third-order valence-electron chi connectivity index (χ3n) is 6.84. The number of ether oxygens (including phenoxy) is 1. The van der Waals surface area contributed by atoms with Gasteiger partial charge in [-0.2, -0.15) is 0 Å². The van der Waals surface area contributed by atoms with E-state index in [1.165, 1.54) is 21.6 Å². The van der Waals surface area contributed by atoms with E-state index in [0.29, 0.717) is 24.9 Å². The quantitative estimate of drug-likeness (QED) is 0.459. The minimum atomic E-state index is -1.12. The first-order valence-electron chi connectivity index (χ1n) is 12.6. The lowest BCUT2D eigenvalue weighted by molar-refractivity contribution is -0.161. The van der Waals surface area contributed by atoms with E-state index in [1.807, 2.05) is 0 Å². The van der Waals surface area contributed by atoms with Gasteiger partial charge >= 0.3 is 12.1 Å². The second-order valence-electron chi connectivity index (χ2n) is 11.3. The van der Waals surface area contributed by atoms with Gasteiger partial charge in [0.05, 0.1) is 0 Å². The maximum Gasteiger partial charge on any atom is 0.410 e. The van der Waals surface area contributed by atoms with Crippen LogP contribution in [0.4, 0.5) is 4.79 Å². The van der Waals surface area contributed by atoms with Crippen LogP contribution in [0.5, 0.6) is 0 Å². The van der Waals surface area contributed by atoms with Gasteiger partial charge in [0.15, 0.2) is 0 Å². The Balaban J connectivity index is 1.50. The number of rotatable bonds is 6. The lowest BCUT2D eigenvalue weighted by Gasteiger charge is -2.44. The normalized spacial score (nSPS) is 26.7. The van der Waals surface area contributed by atoms with Gasteiger partial charge in [-0.1, -0.05) is 30.3 Å². The first-order valence-corrected chi connectivity index (χ1v) is 13.5. The van der Waals surface area contributed by atoms with Crippen LogP contribution in [0.1, 0.15) is 59.1 Å². The molecule has 11 nitrogen and oxygen atoms in total. The summed E-state index contributed by atoms with van der Waals surface area (Å²) in [6.45, 7) is 9.12. The van der Waals surface area contributed by atoms with Crippen molar-refractivity contribution in [1.82, 2.24) is 20.4 Å². The largest absolute Gasteiger partial charge is 0.480 e. The Labute approximate surface area is 225 Å². The van der Waals surface area contributed by atoms with Gasteiger partial charge < -0.3 is 25.4 Å². The van der Waals surface area contributed by atoms with Crippen molar-refractivity contribution in [3.8, 4) is 0 Å². The van der Waals surface area contributed by atoms with Crippen LogP contribution in [0.15, 0.2) is 30.3 Å². The zero-order valence-electron chi connectivity index (χ0n) is 22.1. The first kappa shape index (κ1) is 27.7. The molecule has 4 amide bonds. The Morgan fingerprint density at radius 3 is 2.42 bits per heavy atom. The van der Waals surface area contributed by atoms with E-state index < -0.39 is 69.7 Å². The van der Waals surface area contributed by atoms with Crippen LogP contribution in [0.2, 0.25) is 0 Å². The number of hydrogen-bond acceptors (Lipinski definition) is 7. The number of nitrogens with zero attached hydrogens (tertiary/aromatic N) is 2. The SMILES string of the molecule is CC(C)(C)OC(=O)N1CCCC1C(=O)NC(C(=O)NC1C(=O)N2[C@@H]1SC(C)(C)[C@@H]2C(=O)O)c1ccccc1. The lowest BCUT2D eigenvalue weighted by Crippen LogP contribution is -2.71. The molecule has 0 aromatic heterocycles. The van der Waals surface area contributed by atoms with Crippen molar-refractivity contribution >= 4 is 41.5 Å². The molecule has 12 heteroatoms. The molecule has 0 aliphatic carbocycles. The molecule has 3 heterocycles. The maximum absolute atomic E-state index is 13.5. The number of carbonyl (C=O) groups excluding carboxylic acids is 4. The van der Waals surface area contributed by atoms with Crippen LogP contribution in [-0.2, 0) is 23.9 Å². The van der Waals surface area contributed by atoms with Gasteiger partial charge in [0.25, 0.3) is 0 Å². The second-order valence-corrected chi connectivity index (χ2v) is 13.0. The smallest absolute Gasteiger partial charge is 0.410 e. The predicted molar refractivity (Wildman–Crippen MR) is 139 cm³/mol. The van der Waals surface area contributed by atoms with Crippen molar-refractivity contribution in [2.75, 3.05) is 6.54 Å². The van der Waals surface area contributed by atoms with E-state index in [9.17, 15) is 29.1 Å². The Kier molecular flexibility index (Phi) is 7.39. The molecule has 1 aromatic carbocycles. The number of hydrogen-bond donors (Lipinski definition) is 3. The van der Waals surface area contributed by atoms with Crippen LogP contribution in [0.3, 0.4) is 0 Å². The zero-order valence-corrected chi connectivity index (χ0v) is 22.9. The third kappa shape index (κ3) is 5.31. The Hall–Kier alpha value is -3.28. The van der Waals surface area contributed by atoms with Crippen LogP contribution >= 0.6 is 11.8 Å². The number of carboxylic acids is 1. The molecule has 206 valence electrons. The molecule has 4 rings (SSSR count). The van der Waals surface area contributed by atoms with Gasteiger partial charge in [0, 0.05) is 11.3 Å². The van der Waals surface area contributed by atoms with Crippen molar-refractivity contribution < 1.29 is 33.8 Å². The predicted octanol–water partition coefficient (Wildman–Crippen LogP) is 1.88. The monoisotopic (exact) mass is 546 g/mol. The van der Waals surface area contributed by atoms with Crippen LogP contribution < -0.4 is 10.6 Å². The summed E-state index contributed by atoms with van der Waals surface area (Å²) < 4.78 is 4.72. The van der Waals surface area contributed by atoms with Crippen molar-refractivity contribution in [1.29, 1.82) is 0 Å². The summed E-state index contributed by atoms with van der Waals surface area (Å²) in [5.41, 5.74) is -0.213. The average molecular weight is 547 g/mol. The van der Waals surface area contributed by atoms with Gasteiger partial charge in [0.1, 0.15) is 35.1 Å². The number of β-lactam (4-membered cyclic amide) rings is 1. The van der Waals surface area contributed by atoms with Crippen LogP contribution in [0, 0.1) is 0 Å². The van der Waals surface area contributed by atoms with Gasteiger partial charge in [-0.05, 0) is 53.0 Å². The Morgan fingerprint density at radius 2 is 1.82 bits per heavy atom. The molecule has 3 aliphatic rings. The molecule has 38 heavy (non-hydrogen) atoms. The number of carbonyl (C=O) groups is 5. The van der Waals surface area contributed by atoms with E-state index in [4.69, 9.17) is 4.74 Å². The van der Waals surface area contributed by atoms with Crippen LogP contribution in [0.25, 0.3) is 0 Å². The number of fused-ring (bicyclic) bond motifs is 1. The minimum absolute atomic E-state index is 0.362. The number of aliphatic carboxylic acids is 1. The molecule has 3 aliphatic heterocycles. The van der Waals surface area contributed by atoms with E-state index in [-0.39, 0.29) is 0 Å². The van der Waals surface area contributed by atoms with E-state index in [2.05, 4.69) is 10.6 Å². The van der Waals surface area contributed by atoms with Crippen molar-refractivity contribution in [3.63, 3.8) is 0 Å². The molecule has 3 fully saturated rings.